The predicted octanol–water partition coefficient (Wildman–Crippen LogP) is 3.38. The smallest absolute Gasteiger partial charge is 0.219 e. The number of halogens is 1. The minimum absolute atomic E-state index is 0.0221. The van der Waals surface area contributed by atoms with Crippen LogP contribution < -0.4 is 4.90 Å². The molecule has 0 atom stereocenters. The number of nitrogens with zero attached hydrogens (tertiary/aromatic N) is 3. The van der Waals surface area contributed by atoms with Gasteiger partial charge in [0, 0.05) is 56.9 Å². The van der Waals surface area contributed by atoms with E-state index in [-0.39, 0.29) is 23.3 Å². The molecule has 1 amide bonds. The maximum atomic E-state index is 14.1. The molecule has 1 heterocycles. The molecule has 0 unspecified atom stereocenters. The number of carbonyl (C=O) groups is 1. The first kappa shape index (κ1) is 22.7. The molecule has 2 aliphatic rings. The average molecular weight is 460 g/mol. The fourth-order valence-corrected chi connectivity index (χ4v) is 6.10. The van der Waals surface area contributed by atoms with E-state index in [4.69, 9.17) is 0 Å². The van der Waals surface area contributed by atoms with Gasteiger partial charge in [-0.2, -0.15) is 4.31 Å². The Kier molecular flexibility index (Phi) is 6.81. The molecule has 0 bridgehead atoms. The summed E-state index contributed by atoms with van der Waals surface area (Å²) in [5.41, 5.74) is 2.19. The first-order chi connectivity index (χ1) is 15.3. The highest BCUT2D eigenvalue weighted by atomic mass is 32.2. The third-order valence-corrected chi connectivity index (χ3v) is 8.32. The molecule has 0 spiro atoms. The number of sulfonamides is 1. The van der Waals surface area contributed by atoms with Crippen LogP contribution in [-0.2, 0) is 27.1 Å². The first-order valence-electron chi connectivity index (χ1n) is 11.2. The molecule has 0 N–H and O–H groups in total. The molecule has 1 aliphatic carbocycles. The number of anilines is 1. The summed E-state index contributed by atoms with van der Waals surface area (Å²) >= 11 is 0. The lowest BCUT2D eigenvalue weighted by Crippen LogP contribution is -2.48. The summed E-state index contributed by atoms with van der Waals surface area (Å²) in [6.45, 7) is 4.87. The standard InChI is InChI=1S/C24H30FN3O3S/c1-19(29)26-13-15-27(16-14-26)22-11-9-20(10-12-22)17-28(23-6-4-7-23)32(30,31)18-21-5-2-3-8-24(21)25/h2-3,5,8-12,23H,4,6-7,13-18H2,1H3. The number of carbonyl (C=O) groups excluding carboxylic acids is 1. The summed E-state index contributed by atoms with van der Waals surface area (Å²) in [6, 6.07) is 14.0. The molecule has 1 saturated heterocycles. The van der Waals surface area contributed by atoms with Crippen LogP contribution in [0.1, 0.15) is 37.3 Å². The van der Waals surface area contributed by atoms with Crippen molar-refractivity contribution in [3.8, 4) is 0 Å². The first-order valence-corrected chi connectivity index (χ1v) is 12.8. The van der Waals surface area contributed by atoms with Crippen molar-refractivity contribution in [2.24, 2.45) is 0 Å². The monoisotopic (exact) mass is 459 g/mol. The highest BCUT2D eigenvalue weighted by Crippen LogP contribution is 2.31. The maximum absolute atomic E-state index is 14.1. The summed E-state index contributed by atoms with van der Waals surface area (Å²) in [7, 11) is -3.66. The molecule has 2 aromatic rings. The van der Waals surface area contributed by atoms with Gasteiger partial charge in [-0.25, -0.2) is 12.8 Å². The topological polar surface area (TPSA) is 60.9 Å². The molecule has 2 aromatic carbocycles. The Labute approximate surface area is 189 Å². The number of benzene rings is 2. The lowest BCUT2D eigenvalue weighted by atomic mass is 9.93. The number of hydrogen-bond donors (Lipinski definition) is 0. The zero-order valence-electron chi connectivity index (χ0n) is 18.4. The van der Waals surface area contributed by atoms with Gasteiger partial charge < -0.3 is 9.80 Å². The fourth-order valence-electron chi connectivity index (χ4n) is 4.30. The maximum Gasteiger partial charge on any atom is 0.219 e. The summed E-state index contributed by atoms with van der Waals surface area (Å²) in [6.07, 6.45) is 2.70. The van der Waals surface area contributed by atoms with Crippen LogP contribution >= 0.6 is 0 Å². The van der Waals surface area contributed by atoms with E-state index in [0.717, 1.165) is 43.6 Å². The van der Waals surface area contributed by atoms with Gasteiger partial charge in [0.2, 0.25) is 15.9 Å². The van der Waals surface area contributed by atoms with Gasteiger partial charge in [0.05, 0.1) is 5.75 Å². The number of piperazine rings is 1. The summed E-state index contributed by atoms with van der Waals surface area (Å²) in [5, 5.41) is 0. The Bertz CT molecular complexity index is 1050. The molecular formula is C24H30FN3O3S. The van der Waals surface area contributed by atoms with Crippen molar-refractivity contribution in [2.75, 3.05) is 31.1 Å². The van der Waals surface area contributed by atoms with Crippen molar-refractivity contribution in [3.05, 3.63) is 65.5 Å². The Balaban J connectivity index is 1.45. The van der Waals surface area contributed by atoms with Crippen molar-refractivity contribution < 1.29 is 17.6 Å². The van der Waals surface area contributed by atoms with E-state index in [2.05, 4.69) is 4.90 Å². The molecule has 1 aliphatic heterocycles. The van der Waals surface area contributed by atoms with Crippen LogP contribution in [0.25, 0.3) is 0 Å². The number of amides is 1. The van der Waals surface area contributed by atoms with E-state index in [9.17, 15) is 17.6 Å². The summed E-state index contributed by atoms with van der Waals surface area (Å²) in [4.78, 5) is 15.6. The Morgan fingerprint density at radius 3 is 2.25 bits per heavy atom. The van der Waals surface area contributed by atoms with Crippen molar-refractivity contribution in [2.45, 2.75) is 44.5 Å². The van der Waals surface area contributed by atoms with Crippen molar-refractivity contribution >= 4 is 21.6 Å². The van der Waals surface area contributed by atoms with Crippen LogP contribution in [0.4, 0.5) is 10.1 Å². The molecule has 0 aromatic heterocycles. The fraction of sp³-hybridized carbons (Fsp3) is 0.458. The van der Waals surface area contributed by atoms with Crippen LogP contribution in [0.15, 0.2) is 48.5 Å². The highest BCUT2D eigenvalue weighted by molar-refractivity contribution is 7.88. The molecule has 4 rings (SSSR count). The van der Waals surface area contributed by atoms with Gasteiger partial charge in [-0.3, -0.25) is 4.79 Å². The Hall–Kier alpha value is -2.45. The van der Waals surface area contributed by atoms with Gasteiger partial charge in [-0.1, -0.05) is 36.8 Å². The zero-order chi connectivity index (χ0) is 22.7. The minimum Gasteiger partial charge on any atom is -0.368 e. The second-order valence-corrected chi connectivity index (χ2v) is 10.6. The molecule has 8 heteroatoms. The van der Waals surface area contributed by atoms with Gasteiger partial charge in [0.25, 0.3) is 0 Å². The highest BCUT2D eigenvalue weighted by Gasteiger charge is 2.34. The van der Waals surface area contributed by atoms with Crippen LogP contribution in [-0.4, -0.2) is 55.8 Å². The van der Waals surface area contributed by atoms with E-state index >= 15 is 0 Å². The third-order valence-electron chi connectivity index (χ3n) is 6.50. The van der Waals surface area contributed by atoms with Gasteiger partial charge in [-0.05, 0) is 36.6 Å². The van der Waals surface area contributed by atoms with Crippen LogP contribution in [0, 0.1) is 5.82 Å². The molecular weight excluding hydrogens is 429 g/mol. The van der Waals surface area contributed by atoms with Crippen molar-refractivity contribution in [3.63, 3.8) is 0 Å². The average Bonchev–Trinajstić information content (AvgIpc) is 2.74. The molecule has 0 radical (unpaired) electrons. The quantitative estimate of drug-likeness (QED) is 0.637. The Morgan fingerprint density at radius 1 is 1.03 bits per heavy atom. The summed E-state index contributed by atoms with van der Waals surface area (Å²) < 4.78 is 42.1. The Morgan fingerprint density at radius 2 is 1.69 bits per heavy atom. The molecule has 32 heavy (non-hydrogen) atoms. The van der Waals surface area contributed by atoms with Crippen molar-refractivity contribution in [1.29, 1.82) is 0 Å². The van der Waals surface area contributed by atoms with E-state index in [1.807, 2.05) is 29.2 Å². The van der Waals surface area contributed by atoms with E-state index in [1.54, 1.807) is 23.4 Å². The molecule has 1 saturated carbocycles. The molecule has 6 nitrogen and oxygen atoms in total. The minimum atomic E-state index is -3.66. The van der Waals surface area contributed by atoms with Crippen LogP contribution in [0.2, 0.25) is 0 Å². The molecule has 172 valence electrons. The van der Waals surface area contributed by atoms with E-state index in [1.165, 1.54) is 12.1 Å². The lowest BCUT2D eigenvalue weighted by molar-refractivity contribution is -0.129. The summed E-state index contributed by atoms with van der Waals surface area (Å²) in [5.74, 6) is -0.708. The van der Waals surface area contributed by atoms with Crippen molar-refractivity contribution in [1.82, 2.24) is 9.21 Å². The number of hydrogen-bond acceptors (Lipinski definition) is 4. The molecule has 2 fully saturated rings. The van der Waals surface area contributed by atoms with E-state index < -0.39 is 15.8 Å². The van der Waals surface area contributed by atoms with Crippen LogP contribution in [0.5, 0.6) is 0 Å². The largest absolute Gasteiger partial charge is 0.368 e. The predicted molar refractivity (Wildman–Crippen MR) is 123 cm³/mol. The SMILES string of the molecule is CC(=O)N1CCN(c2ccc(CN(C3CCC3)S(=O)(=O)Cc3ccccc3F)cc2)CC1. The van der Waals surface area contributed by atoms with Gasteiger partial charge in [-0.15, -0.1) is 0 Å². The lowest BCUT2D eigenvalue weighted by Gasteiger charge is -2.37. The van der Waals surface area contributed by atoms with Gasteiger partial charge in [0.15, 0.2) is 0 Å². The second kappa shape index (κ2) is 9.58. The zero-order valence-corrected chi connectivity index (χ0v) is 19.2. The number of rotatable bonds is 7. The van der Waals surface area contributed by atoms with Gasteiger partial charge >= 0.3 is 0 Å². The van der Waals surface area contributed by atoms with Crippen LogP contribution in [0.3, 0.4) is 0 Å². The third kappa shape index (κ3) is 5.13. The van der Waals surface area contributed by atoms with Gasteiger partial charge in [0.1, 0.15) is 5.82 Å². The normalized spacial score (nSPS) is 17.5. The van der Waals surface area contributed by atoms with E-state index in [0.29, 0.717) is 19.6 Å². The second-order valence-electron chi connectivity index (χ2n) is 8.64.